The van der Waals surface area contributed by atoms with Crippen molar-refractivity contribution in [2.75, 3.05) is 26.2 Å². The topological polar surface area (TPSA) is 57.7 Å². The summed E-state index contributed by atoms with van der Waals surface area (Å²) in [5, 5.41) is 0. The fourth-order valence-electron chi connectivity index (χ4n) is 2.76. The molecule has 0 spiro atoms. The Balaban J connectivity index is 2.19. The molecule has 0 atom stereocenters. The van der Waals surface area contributed by atoms with Crippen LogP contribution in [0.5, 0.6) is 0 Å². The van der Waals surface area contributed by atoms with Gasteiger partial charge in [-0.15, -0.1) is 13.2 Å². The van der Waals surface area contributed by atoms with E-state index in [-0.39, 0.29) is 23.9 Å². The van der Waals surface area contributed by atoms with Gasteiger partial charge in [-0.25, -0.2) is 8.42 Å². The van der Waals surface area contributed by atoms with Crippen molar-refractivity contribution in [3.63, 3.8) is 0 Å². The van der Waals surface area contributed by atoms with Gasteiger partial charge in [0.15, 0.2) is 0 Å². The van der Waals surface area contributed by atoms with Crippen molar-refractivity contribution in [2.45, 2.75) is 24.2 Å². The number of nitrogens with zero attached hydrogens (tertiary/aromatic N) is 2. The molecule has 5 nitrogen and oxygen atoms in total. The van der Waals surface area contributed by atoms with E-state index in [9.17, 15) is 13.2 Å². The van der Waals surface area contributed by atoms with Gasteiger partial charge in [0.1, 0.15) is 0 Å². The van der Waals surface area contributed by atoms with Gasteiger partial charge in [-0.2, -0.15) is 4.31 Å². The SMILES string of the molecule is C=CCN(CC=C)S(=O)(=O)c1ccc(C(=O)N2CCCCC2)cc1. The number of sulfonamides is 1. The lowest BCUT2D eigenvalue weighted by Gasteiger charge is -2.26. The van der Waals surface area contributed by atoms with Crippen LogP contribution in [0.1, 0.15) is 29.6 Å². The van der Waals surface area contributed by atoms with E-state index in [1.165, 1.54) is 28.6 Å². The summed E-state index contributed by atoms with van der Waals surface area (Å²) in [7, 11) is -3.63. The van der Waals surface area contributed by atoms with E-state index in [4.69, 9.17) is 0 Å². The Morgan fingerprint density at radius 1 is 1.04 bits per heavy atom. The normalized spacial score (nSPS) is 15.3. The van der Waals surface area contributed by atoms with E-state index in [0.717, 1.165) is 32.4 Å². The Kier molecular flexibility index (Phi) is 6.34. The summed E-state index contributed by atoms with van der Waals surface area (Å²) in [6.07, 6.45) is 6.28. The zero-order valence-corrected chi connectivity index (χ0v) is 14.7. The highest BCUT2D eigenvalue weighted by molar-refractivity contribution is 7.89. The molecule has 130 valence electrons. The summed E-state index contributed by atoms with van der Waals surface area (Å²) in [4.78, 5) is 14.4. The van der Waals surface area contributed by atoms with Crippen LogP contribution < -0.4 is 0 Å². The molecule has 24 heavy (non-hydrogen) atoms. The van der Waals surface area contributed by atoms with Gasteiger partial charge in [0.2, 0.25) is 10.0 Å². The van der Waals surface area contributed by atoms with E-state index in [2.05, 4.69) is 13.2 Å². The Bertz CT molecular complexity index is 679. The first-order valence-electron chi connectivity index (χ1n) is 8.12. The molecule has 0 N–H and O–H groups in total. The molecule has 0 saturated carbocycles. The predicted octanol–water partition coefficient (Wildman–Crippen LogP) is 2.68. The molecular formula is C18H24N2O3S. The number of benzene rings is 1. The van der Waals surface area contributed by atoms with Crippen molar-refractivity contribution in [1.82, 2.24) is 9.21 Å². The summed E-state index contributed by atoms with van der Waals surface area (Å²) in [6, 6.07) is 6.16. The Morgan fingerprint density at radius 2 is 1.58 bits per heavy atom. The van der Waals surface area contributed by atoms with Gasteiger partial charge >= 0.3 is 0 Å². The highest BCUT2D eigenvalue weighted by atomic mass is 32.2. The molecule has 1 aromatic carbocycles. The van der Waals surface area contributed by atoms with Crippen LogP contribution in [0.15, 0.2) is 54.5 Å². The zero-order chi connectivity index (χ0) is 17.6. The second-order valence-corrected chi connectivity index (χ2v) is 7.71. The lowest BCUT2D eigenvalue weighted by Crippen LogP contribution is -2.35. The third-order valence-electron chi connectivity index (χ3n) is 4.05. The molecule has 1 aliphatic heterocycles. The molecule has 0 aromatic heterocycles. The molecule has 1 heterocycles. The summed E-state index contributed by atoms with van der Waals surface area (Å²) in [5.74, 6) is -0.0345. The fourth-order valence-corrected chi connectivity index (χ4v) is 4.14. The average molecular weight is 348 g/mol. The molecule has 6 heteroatoms. The first-order chi connectivity index (χ1) is 11.5. The van der Waals surface area contributed by atoms with Crippen molar-refractivity contribution in [2.24, 2.45) is 0 Å². The fraction of sp³-hybridized carbons (Fsp3) is 0.389. The van der Waals surface area contributed by atoms with E-state index < -0.39 is 10.0 Å². The lowest BCUT2D eigenvalue weighted by atomic mass is 10.1. The smallest absolute Gasteiger partial charge is 0.253 e. The molecular weight excluding hydrogens is 324 g/mol. The summed E-state index contributed by atoms with van der Waals surface area (Å²) < 4.78 is 26.5. The van der Waals surface area contributed by atoms with Gasteiger partial charge in [-0.3, -0.25) is 4.79 Å². The maximum Gasteiger partial charge on any atom is 0.253 e. The standard InChI is InChI=1S/C18H24N2O3S/c1-3-12-20(13-4-2)24(22,23)17-10-8-16(9-11-17)18(21)19-14-6-5-7-15-19/h3-4,8-11H,1-2,5-7,12-15H2. The maximum absolute atomic E-state index is 12.6. The van der Waals surface area contributed by atoms with Crippen LogP contribution in [0, 0.1) is 0 Å². The van der Waals surface area contributed by atoms with Crippen molar-refractivity contribution in [3.05, 3.63) is 55.1 Å². The summed E-state index contributed by atoms with van der Waals surface area (Å²) in [6.45, 7) is 9.14. The number of hydrogen-bond acceptors (Lipinski definition) is 3. The van der Waals surface area contributed by atoms with Crippen LogP contribution in [0.4, 0.5) is 0 Å². The molecule has 0 radical (unpaired) electrons. The zero-order valence-electron chi connectivity index (χ0n) is 13.9. The highest BCUT2D eigenvalue weighted by Crippen LogP contribution is 2.18. The quantitative estimate of drug-likeness (QED) is 0.712. The minimum Gasteiger partial charge on any atom is -0.339 e. The lowest BCUT2D eigenvalue weighted by molar-refractivity contribution is 0.0724. The molecule has 0 bridgehead atoms. The third kappa shape index (κ3) is 4.13. The molecule has 0 unspecified atom stereocenters. The Labute approximate surface area is 144 Å². The van der Waals surface area contributed by atoms with Crippen LogP contribution in [0.3, 0.4) is 0 Å². The number of carbonyl (C=O) groups excluding carboxylic acids is 1. The predicted molar refractivity (Wildman–Crippen MR) is 95.3 cm³/mol. The van der Waals surface area contributed by atoms with Crippen LogP contribution >= 0.6 is 0 Å². The van der Waals surface area contributed by atoms with Gasteiger partial charge in [0, 0.05) is 31.7 Å². The van der Waals surface area contributed by atoms with Gasteiger partial charge in [-0.05, 0) is 43.5 Å². The molecule has 1 aliphatic rings. The van der Waals surface area contributed by atoms with Crippen LogP contribution in [0.25, 0.3) is 0 Å². The van der Waals surface area contributed by atoms with Gasteiger partial charge < -0.3 is 4.90 Å². The van der Waals surface area contributed by atoms with Crippen molar-refractivity contribution in [3.8, 4) is 0 Å². The Hall–Kier alpha value is -1.92. The third-order valence-corrected chi connectivity index (χ3v) is 5.89. The number of piperidine rings is 1. The largest absolute Gasteiger partial charge is 0.339 e. The highest BCUT2D eigenvalue weighted by Gasteiger charge is 2.23. The van der Waals surface area contributed by atoms with Crippen LogP contribution in [0.2, 0.25) is 0 Å². The number of rotatable bonds is 7. The van der Waals surface area contributed by atoms with Crippen LogP contribution in [-0.2, 0) is 10.0 Å². The van der Waals surface area contributed by atoms with Crippen LogP contribution in [-0.4, -0.2) is 49.7 Å². The number of amides is 1. The Morgan fingerprint density at radius 3 is 2.08 bits per heavy atom. The van der Waals surface area contributed by atoms with E-state index in [1.54, 1.807) is 12.1 Å². The molecule has 1 amide bonds. The number of likely N-dealkylation sites (tertiary alicyclic amines) is 1. The van der Waals surface area contributed by atoms with Gasteiger partial charge in [0.05, 0.1) is 4.90 Å². The van der Waals surface area contributed by atoms with Crippen molar-refractivity contribution >= 4 is 15.9 Å². The molecule has 0 aliphatic carbocycles. The molecule has 1 saturated heterocycles. The average Bonchev–Trinajstić information content (AvgIpc) is 2.62. The summed E-state index contributed by atoms with van der Waals surface area (Å²) in [5.41, 5.74) is 0.523. The first kappa shape index (κ1) is 18.4. The molecule has 1 fully saturated rings. The van der Waals surface area contributed by atoms with E-state index in [1.807, 2.05) is 4.90 Å². The number of hydrogen-bond donors (Lipinski definition) is 0. The van der Waals surface area contributed by atoms with Gasteiger partial charge in [-0.1, -0.05) is 12.2 Å². The van der Waals surface area contributed by atoms with E-state index >= 15 is 0 Å². The van der Waals surface area contributed by atoms with Crippen molar-refractivity contribution < 1.29 is 13.2 Å². The monoisotopic (exact) mass is 348 g/mol. The van der Waals surface area contributed by atoms with E-state index in [0.29, 0.717) is 5.56 Å². The summed E-state index contributed by atoms with van der Waals surface area (Å²) >= 11 is 0. The number of carbonyl (C=O) groups is 1. The molecule has 1 aromatic rings. The van der Waals surface area contributed by atoms with Crippen molar-refractivity contribution in [1.29, 1.82) is 0 Å². The first-order valence-corrected chi connectivity index (χ1v) is 9.56. The minimum absolute atomic E-state index is 0.0345. The second kappa shape index (κ2) is 8.26. The molecule has 2 rings (SSSR count). The minimum atomic E-state index is -3.63. The second-order valence-electron chi connectivity index (χ2n) is 5.78. The van der Waals surface area contributed by atoms with Gasteiger partial charge in [0.25, 0.3) is 5.91 Å². The maximum atomic E-state index is 12.6.